The van der Waals surface area contributed by atoms with Crippen LogP contribution in [0.5, 0.6) is 11.5 Å². The average molecular weight is 434 g/mol. The summed E-state index contributed by atoms with van der Waals surface area (Å²) in [6, 6.07) is 15.6. The van der Waals surface area contributed by atoms with Crippen LogP contribution in [0, 0.1) is 5.41 Å². The van der Waals surface area contributed by atoms with Crippen molar-refractivity contribution < 1.29 is 14.3 Å². The second kappa shape index (κ2) is 9.66. The summed E-state index contributed by atoms with van der Waals surface area (Å²) < 4.78 is 11.6. The Kier molecular flexibility index (Phi) is 6.52. The van der Waals surface area contributed by atoms with Crippen molar-refractivity contribution in [3.8, 4) is 11.5 Å². The molecule has 0 fully saturated rings. The van der Waals surface area contributed by atoms with Gasteiger partial charge in [-0.05, 0) is 53.3 Å². The number of hydrogen-bond donors (Lipinski definition) is 1. The summed E-state index contributed by atoms with van der Waals surface area (Å²) in [4.78, 5) is 18.0. The number of amidine groups is 2. The zero-order valence-corrected chi connectivity index (χ0v) is 18.0. The van der Waals surface area contributed by atoms with Gasteiger partial charge in [-0.1, -0.05) is 43.0 Å². The Morgan fingerprint density at radius 3 is 2.65 bits per heavy atom. The minimum atomic E-state index is -0.400. The molecule has 7 heteroatoms. The molecule has 2 aromatic carbocycles. The predicted molar refractivity (Wildman–Crippen MR) is 125 cm³/mol. The van der Waals surface area contributed by atoms with E-state index < -0.39 is 5.91 Å². The molecular weight excluding hydrogens is 410 g/mol. The van der Waals surface area contributed by atoms with E-state index in [-0.39, 0.29) is 11.4 Å². The van der Waals surface area contributed by atoms with E-state index in [0.717, 1.165) is 24.2 Å². The first-order valence-corrected chi connectivity index (χ1v) is 11.0. The van der Waals surface area contributed by atoms with Gasteiger partial charge in [-0.3, -0.25) is 15.1 Å². The fourth-order valence-corrected chi connectivity index (χ4v) is 3.86. The van der Waals surface area contributed by atoms with Gasteiger partial charge in [0.05, 0.1) is 18.8 Å². The lowest BCUT2D eigenvalue weighted by molar-refractivity contribution is -0.114. The van der Waals surface area contributed by atoms with Crippen LogP contribution < -0.4 is 9.47 Å². The van der Waals surface area contributed by atoms with Gasteiger partial charge in [-0.25, -0.2) is 0 Å². The number of amides is 1. The van der Waals surface area contributed by atoms with E-state index in [1.165, 1.54) is 17.3 Å². The first kappa shape index (κ1) is 20.9. The largest absolute Gasteiger partial charge is 0.493 e. The first-order valence-electron chi connectivity index (χ1n) is 10.1. The second-order valence-corrected chi connectivity index (χ2v) is 7.87. The van der Waals surface area contributed by atoms with Crippen molar-refractivity contribution in [3.63, 3.8) is 0 Å². The number of carbonyl (C=O) groups is 1. The van der Waals surface area contributed by atoms with Crippen molar-refractivity contribution >= 4 is 34.7 Å². The van der Waals surface area contributed by atoms with Crippen LogP contribution in [-0.4, -0.2) is 35.0 Å². The molecule has 4 rings (SSSR count). The third-order valence-corrected chi connectivity index (χ3v) is 5.60. The Bertz CT molecular complexity index is 1070. The quantitative estimate of drug-likeness (QED) is 0.475. The van der Waals surface area contributed by atoms with Crippen LogP contribution in [0.25, 0.3) is 6.08 Å². The molecule has 0 radical (unpaired) electrons. The van der Waals surface area contributed by atoms with E-state index >= 15 is 0 Å². The highest BCUT2D eigenvalue weighted by Crippen LogP contribution is 2.27. The molecule has 0 aliphatic carbocycles. The number of thioether (sulfide) groups is 1. The number of aliphatic imine (C=N–C) groups is 1. The number of nitrogens with one attached hydrogen (secondary N) is 1. The van der Waals surface area contributed by atoms with Gasteiger partial charge in [0.1, 0.15) is 17.3 Å². The van der Waals surface area contributed by atoms with Crippen molar-refractivity contribution in [1.29, 1.82) is 5.41 Å². The third kappa shape index (κ3) is 5.06. The number of fused-ring (bicyclic) bond motifs is 1. The molecule has 31 heavy (non-hydrogen) atoms. The molecule has 0 unspecified atom stereocenters. The van der Waals surface area contributed by atoms with Crippen molar-refractivity contribution in [3.05, 3.63) is 76.8 Å². The van der Waals surface area contributed by atoms with E-state index in [1.807, 2.05) is 41.8 Å². The zero-order valence-electron chi connectivity index (χ0n) is 17.2. The number of hydrogen-bond acceptors (Lipinski definition) is 5. The van der Waals surface area contributed by atoms with Gasteiger partial charge in [-0.15, -0.1) is 0 Å². The maximum Gasteiger partial charge on any atom is 0.283 e. The Hall–Kier alpha value is -3.32. The molecular formula is C24H23N3O3S. The zero-order chi connectivity index (χ0) is 21.6. The Morgan fingerprint density at radius 2 is 1.87 bits per heavy atom. The van der Waals surface area contributed by atoms with Gasteiger partial charge < -0.3 is 9.47 Å². The Morgan fingerprint density at radius 1 is 1.10 bits per heavy atom. The maximum absolute atomic E-state index is 12.3. The van der Waals surface area contributed by atoms with E-state index in [2.05, 4.69) is 24.0 Å². The molecule has 2 aliphatic rings. The van der Waals surface area contributed by atoms with Crippen LogP contribution in [0.3, 0.4) is 0 Å². The highest BCUT2D eigenvalue weighted by molar-refractivity contribution is 8.16. The topological polar surface area (TPSA) is 75.0 Å². The number of ether oxygens (including phenoxy) is 2. The molecule has 0 aromatic heterocycles. The van der Waals surface area contributed by atoms with Crippen molar-refractivity contribution in [2.24, 2.45) is 4.99 Å². The van der Waals surface area contributed by atoms with Crippen LogP contribution in [0.4, 0.5) is 0 Å². The van der Waals surface area contributed by atoms with Gasteiger partial charge >= 0.3 is 0 Å². The van der Waals surface area contributed by atoms with E-state index in [4.69, 9.17) is 14.9 Å². The van der Waals surface area contributed by atoms with Crippen molar-refractivity contribution in [2.75, 3.05) is 13.2 Å². The lowest BCUT2D eigenvalue weighted by Crippen LogP contribution is -2.35. The maximum atomic E-state index is 12.3. The molecule has 2 aromatic rings. The molecule has 1 amide bonds. The number of rotatable bonds is 8. The number of benzene rings is 2. The van der Waals surface area contributed by atoms with Crippen molar-refractivity contribution in [2.45, 2.75) is 19.8 Å². The third-order valence-electron chi connectivity index (χ3n) is 4.84. The Balaban J connectivity index is 1.31. The van der Waals surface area contributed by atoms with Gasteiger partial charge in [0.15, 0.2) is 5.17 Å². The summed E-state index contributed by atoms with van der Waals surface area (Å²) in [6.45, 7) is 3.22. The SMILES string of the molecule is CCc1ccc(OCCCOc2cccc(C=C3C(=N)N4C=CSC4=NC3=O)c2)cc1. The van der Waals surface area contributed by atoms with Gasteiger partial charge in [0.2, 0.25) is 0 Å². The summed E-state index contributed by atoms with van der Waals surface area (Å²) in [5.41, 5.74) is 2.33. The molecule has 0 spiro atoms. The normalized spacial score (nSPS) is 16.5. The fraction of sp³-hybridized carbons (Fsp3) is 0.208. The molecule has 6 nitrogen and oxygen atoms in total. The minimum absolute atomic E-state index is 0.131. The fourth-order valence-electron chi connectivity index (χ4n) is 3.15. The lowest BCUT2D eigenvalue weighted by Gasteiger charge is -2.22. The molecule has 158 valence electrons. The highest BCUT2D eigenvalue weighted by Gasteiger charge is 2.30. The average Bonchev–Trinajstić information content (AvgIpc) is 3.26. The monoisotopic (exact) mass is 433 g/mol. The highest BCUT2D eigenvalue weighted by atomic mass is 32.2. The molecule has 0 saturated heterocycles. The van der Waals surface area contributed by atoms with Crippen LogP contribution >= 0.6 is 11.8 Å². The summed E-state index contributed by atoms with van der Waals surface area (Å²) >= 11 is 1.33. The smallest absolute Gasteiger partial charge is 0.283 e. The first-order chi connectivity index (χ1) is 15.1. The molecule has 0 bridgehead atoms. The van der Waals surface area contributed by atoms with Gasteiger partial charge in [0.25, 0.3) is 5.91 Å². The molecule has 0 atom stereocenters. The molecule has 1 N–H and O–H groups in total. The predicted octanol–water partition coefficient (Wildman–Crippen LogP) is 4.87. The summed E-state index contributed by atoms with van der Waals surface area (Å²) in [6.07, 6.45) is 5.19. The van der Waals surface area contributed by atoms with Crippen LogP contribution in [-0.2, 0) is 11.2 Å². The van der Waals surface area contributed by atoms with E-state index in [0.29, 0.717) is 24.1 Å². The molecule has 2 heterocycles. The lowest BCUT2D eigenvalue weighted by atomic mass is 10.1. The van der Waals surface area contributed by atoms with E-state index in [9.17, 15) is 4.79 Å². The van der Waals surface area contributed by atoms with Gasteiger partial charge in [0, 0.05) is 12.6 Å². The van der Waals surface area contributed by atoms with Crippen LogP contribution in [0.2, 0.25) is 0 Å². The summed E-state index contributed by atoms with van der Waals surface area (Å²) in [5.74, 6) is 1.30. The summed E-state index contributed by atoms with van der Waals surface area (Å²) in [5, 5.41) is 10.6. The minimum Gasteiger partial charge on any atom is -0.493 e. The molecule has 2 aliphatic heterocycles. The van der Waals surface area contributed by atoms with E-state index in [1.54, 1.807) is 17.2 Å². The van der Waals surface area contributed by atoms with Gasteiger partial charge in [-0.2, -0.15) is 4.99 Å². The van der Waals surface area contributed by atoms with Crippen molar-refractivity contribution in [1.82, 2.24) is 4.90 Å². The standard InChI is InChI=1S/C24H23N3O3S/c1-2-17-7-9-19(10-8-17)29-12-4-13-30-20-6-3-5-18(15-20)16-21-22(25)27-11-14-31-24(27)26-23(21)28/h3,5-11,14-16,25H,2,4,12-13H2,1H3. The van der Waals surface area contributed by atoms with Crippen LogP contribution in [0.15, 0.2) is 70.7 Å². The Labute approximate surface area is 185 Å². The second-order valence-electron chi connectivity index (χ2n) is 7.00. The number of nitrogens with zero attached hydrogens (tertiary/aromatic N) is 2. The van der Waals surface area contributed by atoms with Crippen LogP contribution in [0.1, 0.15) is 24.5 Å². The number of carbonyl (C=O) groups excluding carboxylic acids is 1. The summed E-state index contributed by atoms with van der Waals surface area (Å²) in [7, 11) is 0. The molecule has 0 saturated carbocycles. The number of aryl methyl sites for hydroxylation is 1.